The van der Waals surface area contributed by atoms with Crippen molar-refractivity contribution in [1.29, 1.82) is 0 Å². The van der Waals surface area contributed by atoms with Crippen LogP contribution in [0, 0.1) is 0 Å². The summed E-state index contributed by atoms with van der Waals surface area (Å²) >= 11 is 0. The van der Waals surface area contributed by atoms with E-state index in [1.807, 2.05) is 13.8 Å². The van der Waals surface area contributed by atoms with E-state index in [2.05, 4.69) is 5.10 Å². The molecule has 0 unspecified atom stereocenters. The first-order valence-corrected chi connectivity index (χ1v) is 3.60. The van der Waals surface area contributed by atoms with Gasteiger partial charge >= 0.3 is 0 Å². The van der Waals surface area contributed by atoms with Crippen molar-refractivity contribution in [2.24, 2.45) is 0 Å². The lowest BCUT2D eigenvalue weighted by molar-refractivity contribution is 0.274. The van der Waals surface area contributed by atoms with Gasteiger partial charge in [0.05, 0.1) is 12.3 Å². The first-order valence-electron chi connectivity index (χ1n) is 3.60. The summed E-state index contributed by atoms with van der Waals surface area (Å²) < 4.78 is 1.69. The van der Waals surface area contributed by atoms with Crippen molar-refractivity contribution in [3.05, 3.63) is 11.8 Å². The molecular formula is C7H13N3O. The molecule has 3 N–H and O–H groups in total. The molecule has 0 saturated heterocycles. The zero-order chi connectivity index (χ0) is 8.43. The van der Waals surface area contributed by atoms with Gasteiger partial charge in [0.1, 0.15) is 5.82 Å². The molecule has 0 aliphatic carbocycles. The fraction of sp³-hybridized carbons (Fsp3) is 0.571. The van der Waals surface area contributed by atoms with E-state index in [1.54, 1.807) is 10.7 Å². The fourth-order valence-electron chi connectivity index (χ4n) is 0.953. The monoisotopic (exact) mass is 155 g/mol. The number of hydrogen-bond donors (Lipinski definition) is 2. The summed E-state index contributed by atoms with van der Waals surface area (Å²) in [5.41, 5.74) is 6.23. The summed E-state index contributed by atoms with van der Waals surface area (Å²) in [5.74, 6) is 0.601. The third-order valence-corrected chi connectivity index (χ3v) is 1.47. The predicted molar refractivity (Wildman–Crippen MR) is 42.9 cm³/mol. The average molecular weight is 155 g/mol. The SMILES string of the molecule is CC(C)n1nc(CO)cc1N. The van der Waals surface area contributed by atoms with Crippen LogP contribution in [-0.2, 0) is 6.61 Å². The predicted octanol–water partition coefficient (Wildman–Crippen LogP) is 0.538. The molecule has 0 fully saturated rings. The molecule has 11 heavy (non-hydrogen) atoms. The first kappa shape index (κ1) is 8.07. The van der Waals surface area contributed by atoms with Crippen molar-refractivity contribution in [1.82, 2.24) is 9.78 Å². The van der Waals surface area contributed by atoms with Crippen LogP contribution in [0.15, 0.2) is 6.07 Å². The van der Waals surface area contributed by atoms with Crippen LogP contribution in [0.2, 0.25) is 0 Å². The lowest BCUT2D eigenvalue weighted by Crippen LogP contribution is -2.06. The summed E-state index contributed by atoms with van der Waals surface area (Å²) in [6.45, 7) is 3.93. The second-order valence-electron chi connectivity index (χ2n) is 2.76. The molecule has 0 aliphatic rings. The number of aliphatic hydroxyl groups is 1. The van der Waals surface area contributed by atoms with Crippen molar-refractivity contribution >= 4 is 5.82 Å². The molecule has 0 bridgehead atoms. The molecule has 4 nitrogen and oxygen atoms in total. The van der Waals surface area contributed by atoms with Crippen molar-refractivity contribution in [2.75, 3.05) is 5.73 Å². The molecule has 0 saturated carbocycles. The molecule has 0 spiro atoms. The van der Waals surface area contributed by atoms with Crippen molar-refractivity contribution < 1.29 is 5.11 Å². The normalized spacial score (nSPS) is 10.9. The Bertz CT molecular complexity index is 242. The minimum atomic E-state index is -0.0517. The van der Waals surface area contributed by atoms with Gasteiger partial charge in [-0.3, -0.25) is 0 Å². The Morgan fingerprint density at radius 1 is 1.73 bits per heavy atom. The molecule has 0 aromatic carbocycles. The quantitative estimate of drug-likeness (QED) is 0.655. The highest BCUT2D eigenvalue weighted by Gasteiger charge is 2.05. The van der Waals surface area contributed by atoms with Gasteiger partial charge in [-0.05, 0) is 13.8 Å². The van der Waals surface area contributed by atoms with Gasteiger partial charge in [-0.15, -0.1) is 0 Å². The number of anilines is 1. The largest absolute Gasteiger partial charge is 0.390 e. The zero-order valence-corrected chi connectivity index (χ0v) is 6.78. The minimum Gasteiger partial charge on any atom is -0.390 e. The Labute approximate surface area is 65.6 Å². The highest BCUT2D eigenvalue weighted by molar-refractivity contribution is 5.30. The molecule has 0 aliphatic heterocycles. The number of aromatic nitrogens is 2. The van der Waals surface area contributed by atoms with E-state index in [9.17, 15) is 0 Å². The molecule has 0 atom stereocenters. The van der Waals surface area contributed by atoms with Crippen LogP contribution in [0.3, 0.4) is 0 Å². The number of rotatable bonds is 2. The second-order valence-corrected chi connectivity index (χ2v) is 2.76. The van der Waals surface area contributed by atoms with Gasteiger partial charge in [-0.2, -0.15) is 5.10 Å². The zero-order valence-electron chi connectivity index (χ0n) is 6.78. The summed E-state index contributed by atoms with van der Waals surface area (Å²) in [6, 6.07) is 1.93. The standard InChI is InChI=1S/C7H13N3O/c1-5(2)10-7(8)3-6(4-11)9-10/h3,5,11H,4,8H2,1-2H3. The Kier molecular flexibility index (Phi) is 2.14. The molecule has 0 amide bonds. The van der Waals surface area contributed by atoms with E-state index < -0.39 is 0 Å². The van der Waals surface area contributed by atoms with Crippen molar-refractivity contribution in [3.8, 4) is 0 Å². The van der Waals surface area contributed by atoms with Gasteiger partial charge in [-0.1, -0.05) is 0 Å². The molecular weight excluding hydrogens is 142 g/mol. The Balaban J connectivity index is 2.97. The van der Waals surface area contributed by atoms with Crippen LogP contribution < -0.4 is 5.73 Å². The number of nitrogen functional groups attached to an aromatic ring is 1. The van der Waals surface area contributed by atoms with E-state index in [4.69, 9.17) is 10.8 Å². The number of nitrogens with zero attached hydrogens (tertiary/aromatic N) is 2. The van der Waals surface area contributed by atoms with Crippen molar-refractivity contribution in [3.63, 3.8) is 0 Å². The van der Waals surface area contributed by atoms with Crippen LogP contribution >= 0.6 is 0 Å². The van der Waals surface area contributed by atoms with Crippen LogP contribution in [0.1, 0.15) is 25.6 Å². The number of hydrogen-bond acceptors (Lipinski definition) is 3. The van der Waals surface area contributed by atoms with E-state index in [-0.39, 0.29) is 12.6 Å². The number of nitrogens with two attached hydrogens (primary N) is 1. The summed E-state index contributed by atoms with van der Waals surface area (Å²) in [7, 11) is 0. The third-order valence-electron chi connectivity index (χ3n) is 1.47. The summed E-state index contributed by atoms with van der Waals surface area (Å²) in [5, 5.41) is 12.8. The van der Waals surface area contributed by atoms with E-state index in [1.165, 1.54) is 0 Å². The second kappa shape index (κ2) is 2.92. The third kappa shape index (κ3) is 1.51. The number of aliphatic hydroxyl groups excluding tert-OH is 1. The molecule has 62 valence electrons. The van der Waals surface area contributed by atoms with E-state index in [0.717, 1.165) is 0 Å². The van der Waals surface area contributed by atoms with Gasteiger partial charge in [-0.25, -0.2) is 4.68 Å². The summed E-state index contributed by atoms with van der Waals surface area (Å²) in [6.07, 6.45) is 0. The lowest BCUT2D eigenvalue weighted by Gasteiger charge is -2.06. The Hall–Kier alpha value is -1.03. The minimum absolute atomic E-state index is 0.0517. The van der Waals surface area contributed by atoms with Gasteiger partial charge in [0.2, 0.25) is 0 Å². The Morgan fingerprint density at radius 2 is 2.36 bits per heavy atom. The first-order chi connectivity index (χ1) is 5.15. The summed E-state index contributed by atoms with van der Waals surface area (Å²) in [4.78, 5) is 0. The van der Waals surface area contributed by atoms with Crippen LogP contribution in [0.5, 0.6) is 0 Å². The highest BCUT2D eigenvalue weighted by Crippen LogP contribution is 2.12. The van der Waals surface area contributed by atoms with Crippen molar-refractivity contribution in [2.45, 2.75) is 26.5 Å². The molecule has 1 aromatic heterocycles. The lowest BCUT2D eigenvalue weighted by atomic mass is 10.4. The molecule has 1 rings (SSSR count). The molecule has 0 radical (unpaired) electrons. The average Bonchev–Trinajstić information content (AvgIpc) is 2.30. The highest BCUT2D eigenvalue weighted by atomic mass is 16.3. The maximum atomic E-state index is 8.73. The Morgan fingerprint density at radius 3 is 2.64 bits per heavy atom. The molecule has 1 heterocycles. The fourth-order valence-corrected chi connectivity index (χ4v) is 0.953. The smallest absolute Gasteiger partial charge is 0.122 e. The van der Waals surface area contributed by atoms with Gasteiger partial charge < -0.3 is 10.8 Å². The maximum absolute atomic E-state index is 8.73. The van der Waals surface area contributed by atoms with Gasteiger partial charge in [0, 0.05) is 12.1 Å². The molecule has 1 aromatic rings. The van der Waals surface area contributed by atoms with Crippen LogP contribution in [0.25, 0.3) is 0 Å². The van der Waals surface area contributed by atoms with Crippen LogP contribution in [-0.4, -0.2) is 14.9 Å². The van der Waals surface area contributed by atoms with E-state index >= 15 is 0 Å². The van der Waals surface area contributed by atoms with Crippen LogP contribution in [0.4, 0.5) is 5.82 Å². The molecule has 4 heteroatoms. The maximum Gasteiger partial charge on any atom is 0.122 e. The van der Waals surface area contributed by atoms with E-state index in [0.29, 0.717) is 11.5 Å². The van der Waals surface area contributed by atoms with Gasteiger partial charge in [0.15, 0.2) is 0 Å². The topological polar surface area (TPSA) is 64.1 Å². The van der Waals surface area contributed by atoms with Gasteiger partial charge in [0.25, 0.3) is 0 Å².